The molecular weight excluding hydrogens is 98.1 g/mol. The maximum Gasteiger partial charge on any atom is 0.209 e. The Labute approximate surface area is 44.6 Å². The molecule has 0 fully saturated rings. The Morgan fingerprint density at radius 3 is 1.67 bits per heavy atom. The van der Waals surface area contributed by atoms with Crippen molar-refractivity contribution in [3.8, 4) is 0 Å². The van der Waals surface area contributed by atoms with Crippen LogP contribution in [0, 0.1) is 0 Å². The second-order valence-corrected chi connectivity index (χ2v) is 1.07. The van der Waals surface area contributed by atoms with Gasteiger partial charge in [0, 0.05) is 14.1 Å². The van der Waals surface area contributed by atoms with Gasteiger partial charge in [0.25, 0.3) is 0 Å². The predicted octanol–water partition coefficient (Wildman–Crippen LogP) is -0.183. The molecule has 0 rings (SSSR count). The topological polar surface area (TPSA) is 20.3 Å². The lowest BCUT2D eigenvalue weighted by atomic mass is 11.0. The van der Waals surface area contributed by atoms with E-state index in [2.05, 4.69) is 0 Å². The molecule has 0 heterocycles. The lowest BCUT2D eigenvalue weighted by molar-refractivity contribution is -0.115. The predicted molar refractivity (Wildman–Crippen MR) is 30.1 cm³/mol. The van der Waals surface area contributed by atoms with Crippen LogP contribution in [0.5, 0.6) is 0 Å². The van der Waals surface area contributed by atoms with Crippen molar-refractivity contribution in [2.75, 3.05) is 14.1 Å². The zero-order valence-electron chi connectivity index (χ0n) is 3.93. The van der Waals surface area contributed by atoms with E-state index in [1.807, 2.05) is 0 Å². The van der Waals surface area contributed by atoms with Crippen molar-refractivity contribution in [3.63, 3.8) is 0 Å². The van der Waals surface area contributed by atoms with Crippen molar-refractivity contribution in [2.45, 2.75) is 0 Å². The van der Waals surface area contributed by atoms with Crippen LogP contribution in [0.15, 0.2) is 0 Å². The first-order chi connectivity index (χ1) is 2.27. The molecule has 0 aromatic heterocycles. The molecule has 3 heteroatoms. The van der Waals surface area contributed by atoms with Gasteiger partial charge in [-0.15, -0.1) is 0 Å². The molecule has 0 N–H and O–H groups in total. The molecule has 2 nitrogen and oxygen atoms in total. The zero-order valence-corrected chi connectivity index (χ0v) is 4.93. The molecule has 0 aliphatic carbocycles. The average molecular weight is 107 g/mol. The number of carbonyl (C=O) groups excluding carboxylic acids is 1. The minimum atomic E-state index is 0. The lowest BCUT2D eigenvalue weighted by Gasteiger charge is -1.93. The van der Waals surface area contributed by atoms with E-state index in [0.717, 1.165) is 6.41 Å². The van der Waals surface area contributed by atoms with Crippen LogP contribution in [0.1, 0.15) is 0 Å². The zero-order chi connectivity index (χ0) is 4.28. The molecule has 0 aromatic carbocycles. The highest BCUT2D eigenvalue weighted by atomic mass is 32.1. The highest BCUT2D eigenvalue weighted by Gasteiger charge is 1.68. The van der Waals surface area contributed by atoms with Gasteiger partial charge < -0.3 is 4.90 Å². The first-order valence-corrected chi connectivity index (χ1v) is 1.39. The minimum absolute atomic E-state index is 0. The Morgan fingerprint density at radius 2 is 1.67 bits per heavy atom. The summed E-state index contributed by atoms with van der Waals surface area (Å²) < 4.78 is 0. The minimum Gasteiger partial charge on any atom is -0.351 e. The summed E-state index contributed by atoms with van der Waals surface area (Å²) in [5.74, 6) is 0. The summed E-state index contributed by atoms with van der Waals surface area (Å²) in [6, 6.07) is 0. The molecule has 0 aromatic rings. The van der Waals surface area contributed by atoms with E-state index in [1.54, 1.807) is 14.1 Å². The molecular formula is C3H9NOS. The fraction of sp³-hybridized carbons (Fsp3) is 0.667. The van der Waals surface area contributed by atoms with Crippen LogP contribution >= 0.6 is 13.5 Å². The summed E-state index contributed by atoms with van der Waals surface area (Å²) in [7, 11) is 3.38. The number of hydrogen-bond acceptors (Lipinski definition) is 1. The number of amides is 1. The Hall–Kier alpha value is -0.180. The van der Waals surface area contributed by atoms with Crippen LogP contribution in [0.2, 0.25) is 0 Å². The van der Waals surface area contributed by atoms with Crippen LogP contribution < -0.4 is 0 Å². The molecule has 0 aliphatic rings. The van der Waals surface area contributed by atoms with E-state index in [1.165, 1.54) is 4.90 Å². The SMILES string of the molecule is CN(C)C=O.S. The van der Waals surface area contributed by atoms with Gasteiger partial charge in [-0.3, -0.25) is 4.79 Å². The van der Waals surface area contributed by atoms with Crippen molar-refractivity contribution >= 4 is 19.9 Å². The van der Waals surface area contributed by atoms with Crippen LogP contribution in [-0.2, 0) is 4.79 Å². The third kappa shape index (κ3) is 9.17. The highest BCUT2D eigenvalue weighted by molar-refractivity contribution is 7.59. The number of nitrogens with zero attached hydrogens (tertiary/aromatic N) is 1. The van der Waals surface area contributed by atoms with Crippen molar-refractivity contribution in [1.29, 1.82) is 0 Å². The van der Waals surface area contributed by atoms with Crippen molar-refractivity contribution in [2.24, 2.45) is 0 Å². The largest absolute Gasteiger partial charge is 0.351 e. The van der Waals surface area contributed by atoms with E-state index in [9.17, 15) is 4.79 Å². The van der Waals surface area contributed by atoms with Gasteiger partial charge in [-0.1, -0.05) is 0 Å². The second-order valence-electron chi connectivity index (χ2n) is 1.07. The lowest BCUT2D eigenvalue weighted by Crippen LogP contribution is -2.06. The molecule has 0 unspecified atom stereocenters. The van der Waals surface area contributed by atoms with E-state index >= 15 is 0 Å². The van der Waals surface area contributed by atoms with E-state index in [0.29, 0.717) is 0 Å². The number of hydrogen-bond donors (Lipinski definition) is 0. The fourth-order valence-electron chi connectivity index (χ4n) is 0. The van der Waals surface area contributed by atoms with Gasteiger partial charge >= 0.3 is 0 Å². The standard InChI is InChI=1S/C3H7NO.H2S/c1-4(2)3-5;/h3H,1-2H3;1H2. The molecule has 0 saturated heterocycles. The summed E-state index contributed by atoms with van der Waals surface area (Å²) in [5.41, 5.74) is 0. The van der Waals surface area contributed by atoms with Crippen molar-refractivity contribution in [1.82, 2.24) is 4.90 Å². The average Bonchev–Trinajstić information content (AvgIpc) is 1.38. The highest BCUT2D eigenvalue weighted by Crippen LogP contribution is 1.52. The quantitative estimate of drug-likeness (QED) is 0.425. The summed E-state index contributed by atoms with van der Waals surface area (Å²) in [4.78, 5) is 10.9. The molecule has 0 atom stereocenters. The molecule has 0 radical (unpaired) electrons. The Kier molecular flexibility index (Phi) is 7.44. The Morgan fingerprint density at radius 1 is 1.50 bits per heavy atom. The first kappa shape index (κ1) is 9.27. The summed E-state index contributed by atoms with van der Waals surface area (Å²) in [6.07, 6.45) is 0.750. The van der Waals surface area contributed by atoms with Crippen molar-refractivity contribution in [3.05, 3.63) is 0 Å². The van der Waals surface area contributed by atoms with E-state index in [-0.39, 0.29) is 13.5 Å². The van der Waals surface area contributed by atoms with Crippen molar-refractivity contribution < 1.29 is 4.79 Å². The summed E-state index contributed by atoms with van der Waals surface area (Å²) in [5, 5.41) is 0. The van der Waals surface area contributed by atoms with Crippen LogP contribution in [0.4, 0.5) is 0 Å². The van der Waals surface area contributed by atoms with E-state index in [4.69, 9.17) is 0 Å². The Bertz CT molecular complexity index is 37.8. The molecule has 0 aliphatic heterocycles. The van der Waals surface area contributed by atoms with Gasteiger partial charge in [0.1, 0.15) is 0 Å². The molecule has 1 amide bonds. The summed E-state index contributed by atoms with van der Waals surface area (Å²) in [6.45, 7) is 0. The maximum atomic E-state index is 9.43. The van der Waals surface area contributed by atoms with Gasteiger partial charge in [-0.25, -0.2) is 0 Å². The molecule has 0 saturated carbocycles. The normalized spacial score (nSPS) is 5.67. The van der Waals surface area contributed by atoms with Crippen LogP contribution in [0.3, 0.4) is 0 Å². The van der Waals surface area contributed by atoms with Gasteiger partial charge in [-0.2, -0.15) is 13.5 Å². The number of rotatable bonds is 1. The smallest absolute Gasteiger partial charge is 0.209 e. The van der Waals surface area contributed by atoms with E-state index < -0.39 is 0 Å². The maximum absolute atomic E-state index is 9.43. The van der Waals surface area contributed by atoms with Gasteiger partial charge in [-0.05, 0) is 0 Å². The van der Waals surface area contributed by atoms with Gasteiger partial charge in [0.05, 0.1) is 0 Å². The first-order valence-electron chi connectivity index (χ1n) is 1.39. The summed E-state index contributed by atoms with van der Waals surface area (Å²) >= 11 is 0. The van der Waals surface area contributed by atoms with Gasteiger partial charge in [0.15, 0.2) is 0 Å². The third-order valence-electron chi connectivity index (χ3n) is 0.211. The molecule has 0 bridgehead atoms. The Balaban J connectivity index is 0. The fourth-order valence-corrected chi connectivity index (χ4v) is 0. The van der Waals surface area contributed by atoms with Gasteiger partial charge in [0.2, 0.25) is 6.41 Å². The number of carbonyl (C=O) groups is 1. The monoisotopic (exact) mass is 107 g/mol. The molecule has 6 heavy (non-hydrogen) atoms. The molecule has 38 valence electrons. The third-order valence-corrected chi connectivity index (χ3v) is 0.211. The second kappa shape index (κ2) is 4.82. The van der Waals surface area contributed by atoms with Crippen LogP contribution in [0.25, 0.3) is 0 Å². The van der Waals surface area contributed by atoms with Crippen LogP contribution in [-0.4, -0.2) is 25.4 Å². The molecule has 0 spiro atoms.